The average molecular weight is 372 g/mol. The minimum Gasteiger partial charge on any atom is -0.353 e. The maximum Gasteiger partial charge on any atom is 0.239 e. The summed E-state index contributed by atoms with van der Waals surface area (Å²) in [6.45, 7) is 0. The van der Waals surface area contributed by atoms with Crippen LogP contribution < -0.4 is 11.1 Å². The number of nitrogens with zero attached hydrogens (tertiary/aromatic N) is 1. The van der Waals surface area contributed by atoms with Crippen molar-refractivity contribution in [2.24, 2.45) is 11.7 Å². The van der Waals surface area contributed by atoms with Crippen LogP contribution in [0.25, 0.3) is 0 Å². The third-order valence-corrected chi connectivity index (χ3v) is 6.38. The molecule has 2 fully saturated rings. The number of aryl methyl sites for hydroxylation is 1. The number of rotatable bonds is 7. The van der Waals surface area contributed by atoms with E-state index in [1.165, 1.54) is 12.0 Å². The van der Waals surface area contributed by atoms with E-state index in [0.29, 0.717) is 12.5 Å². The Morgan fingerprint density at radius 2 is 1.78 bits per heavy atom. The molecule has 0 heterocycles. The molecule has 148 valence electrons. The molecule has 0 spiro atoms. The first kappa shape index (κ1) is 19.9. The van der Waals surface area contributed by atoms with Crippen LogP contribution in [0.2, 0.25) is 0 Å². The van der Waals surface area contributed by atoms with Gasteiger partial charge in [-0.1, -0.05) is 30.3 Å². The van der Waals surface area contributed by atoms with Gasteiger partial charge in [-0.05, 0) is 62.8 Å². The van der Waals surface area contributed by atoms with E-state index in [1.54, 1.807) is 0 Å². The van der Waals surface area contributed by atoms with Gasteiger partial charge in [0, 0.05) is 25.6 Å². The van der Waals surface area contributed by atoms with Crippen molar-refractivity contribution < 1.29 is 9.59 Å². The Balaban J connectivity index is 1.37. The minimum absolute atomic E-state index is 0.0926. The molecule has 3 N–H and O–H groups in total. The van der Waals surface area contributed by atoms with Gasteiger partial charge in [0.1, 0.15) is 0 Å². The van der Waals surface area contributed by atoms with Gasteiger partial charge in [-0.15, -0.1) is 0 Å². The van der Waals surface area contributed by atoms with Crippen molar-refractivity contribution >= 4 is 11.8 Å². The first-order valence-corrected chi connectivity index (χ1v) is 10.4. The Morgan fingerprint density at radius 3 is 2.37 bits per heavy atom. The molecule has 1 aromatic carbocycles. The van der Waals surface area contributed by atoms with Gasteiger partial charge < -0.3 is 16.0 Å². The molecule has 5 nitrogen and oxygen atoms in total. The SMILES string of the molecule is CN(C(=O)[C@@H](N)C1CCC(NC(=O)CCc2ccccc2)CC1)C1CCC1. The molecule has 2 aliphatic rings. The number of benzene rings is 1. The zero-order valence-corrected chi connectivity index (χ0v) is 16.4. The number of likely N-dealkylation sites (N-methyl/N-ethyl adjacent to an activating group) is 1. The van der Waals surface area contributed by atoms with E-state index in [0.717, 1.165) is 44.9 Å². The van der Waals surface area contributed by atoms with Gasteiger partial charge in [-0.3, -0.25) is 9.59 Å². The van der Waals surface area contributed by atoms with Crippen molar-refractivity contribution in [1.82, 2.24) is 10.2 Å². The number of nitrogens with two attached hydrogens (primary N) is 1. The fourth-order valence-corrected chi connectivity index (χ4v) is 4.22. The minimum atomic E-state index is -0.398. The van der Waals surface area contributed by atoms with E-state index in [1.807, 2.05) is 30.1 Å². The first-order chi connectivity index (χ1) is 13.0. The average Bonchev–Trinajstić information content (AvgIpc) is 2.65. The fourth-order valence-electron chi connectivity index (χ4n) is 4.22. The highest BCUT2D eigenvalue weighted by Crippen LogP contribution is 2.29. The molecular formula is C22H33N3O2. The smallest absolute Gasteiger partial charge is 0.239 e. The summed E-state index contributed by atoms with van der Waals surface area (Å²) in [6, 6.07) is 10.3. The van der Waals surface area contributed by atoms with E-state index in [4.69, 9.17) is 5.73 Å². The Hall–Kier alpha value is -1.88. The normalized spacial score (nSPS) is 23.9. The third-order valence-electron chi connectivity index (χ3n) is 6.38. The molecular weight excluding hydrogens is 338 g/mol. The van der Waals surface area contributed by atoms with Crippen LogP contribution in [0.5, 0.6) is 0 Å². The van der Waals surface area contributed by atoms with Gasteiger partial charge in [0.15, 0.2) is 0 Å². The highest BCUT2D eigenvalue weighted by atomic mass is 16.2. The predicted molar refractivity (Wildman–Crippen MR) is 107 cm³/mol. The quantitative estimate of drug-likeness (QED) is 0.774. The number of amides is 2. The topological polar surface area (TPSA) is 75.4 Å². The Morgan fingerprint density at radius 1 is 1.11 bits per heavy atom. The monoisotopic (exact) mass is 371 g/mol. The molecule has 3 rings (SSSR count). The summed E-state index contributed by atoms with van der Waals surface area (Å²) in [4.78, 5) is 26.7. The second kappa shape index (κ2) is 9.36. The molecule has 1 atom stereocenters. The van der Waals surface area contributed by atoms with Crippen LogP contribution in [-0.4, -0.2) is 41.9 Å². The molecule has 2 amide bonds. The highest BCUT2D eigenvalue weighted by Gasteiger charge is 2.34. The van der Waals surface area contributed by atoms with Crippen molar-refractivity contribution in [2.75, 3.05) is 7.05 Å². The molecule has 0 aromatic heterocycles. The second-order valence-electron chi connectivity index (χ2n) is 8.22. The number of carbonyl (C=O) groups excluding carboxylic acids is 2. The van der Waals surface area contributed by atoms with Crippen molar-refractivity contribution in [3.8, 4) is 0 Å². The van der Waals surface area contributed by atoms with Gasteiger partial charge >= 0.3 is 0 Å². The summed E-state index contributed by atoms with van der Waals surface area (Å²) in [7, 11) is 1.89. The molecule has 0 bridgehead atoms. The van der Waals surface area contributed by atoms with Gasteiger partial charge in [0.05, 0.1) is 6.04 Å². The van der Waals surface area contributed by atoms with Crippen LogP contribution in [0.4, 0.5) is 0 Å². The van der Waals surface area contributed by atoms with E-state index in [-0.39, 0.29) is 23.8 Å². The van der Waals surface area contributed by atoms with Crippen LogP contribution in [0.1, 0.15) is 56.9 Å². The van der Waals surface area contributed by atoms with E-state index >= 15 is 0 Å². The van der Waals surface area contributed by atoms with Gasteiger partial charge in [0.25, 0.3) is 0 Å². The first-order valence-electron chi connectivity index (χ1n) is 10.4. The molecule has 0 unspecified atom stereocenters. The fraction of sp³-hybridized carbons (Fsp3) is 0.636. The summed E-state index contributed by atoms with van der Waals surface area (Å²) in [5, 5.41) is 3.16. The lowest BCUT2D eigenvalue weighted by molar-refractivity contribution is -0.136. The zero-order chi connectivity index (χ0) is 19.2. The van der Waals surface area contributed by atoms with Crippen molar-refractivity contribution in [3.63, 3.8) is 0 Å². The van der Waals surface area contributed by atoms with Crippen LogP contribution in [0, 0.1) is 5.92 Å². The maximum atomic E-state index is 12.6. The van der Waals surface area contributed by atoms with Crippen LogP contribution in [0.3, 0.4) is 0 Å². The van der Waals surface area contributed by atoms with Crippen LogP contribution >= 0.6 is 0 Å². The van der Waals surface area contributed by atoms with Crippen LogP contribution in [-0.2, 0) is 16.0 Å². The van der Waals surface area contributed by atoms with Crippen molar-refractivity contribution in [3.05, 3.63) is 35.9 Å². The van der Waals surface area contributed by atoms with Gasteiger partial charge in [-0.2, -0.15) is 0 Å². The molecule has 0 radical (unpaired) electrons. The molecule has 2 aliphatic carbocycles. The summed E-state index contributed by atoms with van der Waals surface area (Å²) < 4.78 is 0. The van der Waals surface area contributed by atoms with E-state index in [2.05, 4.69) is 17.4 Å². The number of hydrogen-bond acceptors (Lipinski definition) is 3. The number of nitrogens with one attached hydrogen (secondary N) is 1. The standard InChI is InChI=1S/C22H33N3O2/c1-25(19-8-5-9-19)22(27)21(23)17-11-13-18(14-12-17)24-20(26)15-10-16-6-3-2-4-7-16/h2-4,6-7,17-19,21H,5,8-15,23H2,1H3,(H,24,26)/t17?,18?,21-/m0/s1. The summed E-state index contributed by atoms with van der Waals surface area (Å²) in [5.41, 5.74) is 7.48. The molecule has 2 saturated carbocycles. The molecule has 0 aliphatic heterocycles. The lowest BCUT2D eigenvalue weighted by atomic mass is 9.80. The van der Waals surface area contributed by atoms with Crippen LogP contribution in [0.15, 0.2) is 30.3 Å². The van der Waals surface area contributed by atoms with E-state index in [9.17, 15) is 9.59 Å². The maximum absolute atomic E-state index is 12.6. The number of carbonyl (C=O) groups is 2. The lowest BCUT2D eigenvalue weighted by Crippen LogP contribution is -2.52. The van der Waals surface area contributed by atoms with E-state index < -0.39 is 6.04 Å². The number of hydrogen-bond donors (Lipinski definition) is 2. The van der Waals surface area contributed by atoms with Crippen molar-refractivity contribution in [1.29, 1.82) is 0 Å². The lowest BCUT2D eigenvalue weighted by Gasteiger charge is -2.38. The summed E-state index contributed by atoms with van der Waals surface area (Å²) in [5.74, 6) is 0.444. The predicted octanol–water partition coefficient (Wildman–Crippen LogP) is 2.63. The third kappa shape index (κ3) is 5.32. The zero-order valence-electron chi connectivity index (χ0n) is 16.4. The van der Waals surface area contributed by atoms with Gasteiger partial charge in [-0.25, -0.2) is 0 Å². The molecule has 27 heavy (non-hydrogen) atoms. The molecule has 1 aromatic rings. The molecule has 0 saturated heterocycles. The second-order valence-corrected chi connectivity index (χ2v) is 8.22. The Labute approximate surface area is 162 Å². The Kier molecular flexibility index (Phi) is 6.89. The highest BCUT2D eigenvalue weighted by molar-refractivity contribution is 5.82. The Bertz CT molecular complexity index is 622. The summed E-state index contributed by atoms with van der Waals surface area (Å²) >= 11 is 0. The largest absolute Gasteiger partial charge is 0.353 e. The van der Waals surface area contributed by atoms with Gasteiger partial charge in [0.2, 0.25) is 11.8 Å². The summed E-state index contributed by atoms with van der Waals surface area (Å²) in [6.07, 6.45) is 8.37. The molecule has 5 heteroatoms. The van der Waals surface area contributed by atoms with Crippen molar-refractivity contribution in [2.45, 2.75) is 75.9 Å².